The highest BCUT2D eigenvalue weighted by molar-refractivity contribution is 9.10. The smallest absolute Gasteiger partial charge is 0.130 e. The Bertz CT molecular complexity index is 572. The van der Waals surface area contributed by atoms with Crippen molar-refractivity contribution in [2.24, 2.45) is 0 Å². The van der Waals surface area contributed by atoms with Gasteiger partial charge in [0, 0.05) is 16.2 Å². The summed E-state index contributed by atoms with van der Waals surface area (Å²) in [5.74, 6) is 1.53. The third kappa shape index (κ3) is 2.92. The molecule has 4 nitrogen and oxygen atoms in total. The second-order valence-corrected chi connectivity index (χ2v) is 4.79. The molecule has 2 rings (SSSR count). The number of halogens is 1. The number of hydrogen-bond donors (Lipinski definition) is 2. The Morgan fingerprint density at radius 1 is 1.28 bits per heavy atom. The lowest BCUT2D eigenvalue weighted by atomic mass is 10.3. The Morgan fingerprint density at radius 3 is 2.72 bits per heavy atom. The topological polar surface area (TPSA) is 60.2 Å². The first-order chi connectivity index (χ1) is 8.58. The molecule has 18 heavy (non-hydrogen) atoms. The van der Waals surface area contributed by atoms with Crippen LogP contribution in [0.4, 0.5) is 17.2 Å². The molecule has 1 heterocycles. The first-order valence-electron chi connectivity index (χ1n) is 5.43. The number of aryl methyl sites for hydroxylation is 1. The monoisotopic (exact) mass is 307 g/mol. The summed E-state index contributed by atoms with van der Waals surface area (Å²) in [6.45, 7) is 1.88. The van der Waals surface area contributed by atoms with E-state index < -0.39 is 0 Å². The Hall–Kier alpha value is -1.75. The van der Waals surface area contributed by atoms with E-state index in [1.165, 1.54) is 0 Å². The third-order valence-corrected chi connectivity index (χ3v) is 2.96. The van der Waals surface area contributed by atoms with Gasteiger partial charge in [0.2, 0.25) is 0 Å². The molecule has 2 aromatic rings. The van der Waals surface area contributed by atoms with E-state index in [9.17, 15) is 0 Å². The molecule has 3 N–H and O–H groups in total. The second-order valence-electron chi connectivity index (χ2n) is 3.88. The number of rotatable bonds is 3. The molecule has 0 amide bonds. The highest BCUT2D eigenvalue weighted by Gasteiger charge is 2.02. The fraction of sp³-hybridized carbons (Fsp3) is 0.154. The maximum atomic E-state index is 5.73. The van der Waals surface area contributed by atoms with Gasteiger partial charge in [-0.05, 0) is 31.2 Å². The van der Waals surface area contributed by atoms with Crippen LogP contribution < -0.4 is 15.8 Å². The molecule has 0 saturated heterocycles. The molecule has 1 aromatic heterocycles. The molecule has 0 radical (unpaired) electrons. The quantitative estimate of drug-likeness (QED) is 0.911. The number of nitrogens with two attached hydrogens (primary N) is 1. The van der Waals surface area contributed by atoms with E-state index in [0.29, 0.717) is 5.69 Å². The van der Waals surface area contributed by atoms with Crippen LogP contribution in [0.3, 0.4) is 0 Å². The van der Waals surface area contributed by atoms with E-state index in [-0.39, 0.29) is 0 Å². The zero-order valence-electron chi connectivity index (χ0n) is 10.2. The van der Waals surface area contributed by atoms with Gasteiger partial charge in [-0.3, -0.25) is 0 Å². The number of methoxy groups -OCH3 is 1. The average molecular weight is 308 g/mol. The van der Waals surface area contributed by atoms with Gasteiger partial charge in [-0.1, -0.05) is 15.9 Å². The molecule has 0 saturated carbocycles. The number of nitrogens with one attached hydrogen (secondary N) is 1. The van der Waals surface area contributed by atoms with Crippen molar-refractivity contribution < 1.29 is 4.74 Å². The van der Waals surface area contributed by atoms with Crippen molar-refractivity contribution in [1.82, 2.24) is 4.98 Å². The van der Waals surface area contributed by atoms with Crippen LogP contribution in [0.5, 0.6) is 5.75 Å². The van der Waals surface area contributed by atoms with Crippen molar-refractivity contribution in [3.05, 3.63) is 40.5 Å². The van der Waals surface area contributed by atoms with Crippen molar-refractivity contribution in [3.63, 3.8) is 0 Å². The van der Waals surface area contributed by atoms with Gasteiger partial charge >= 0.3 is 0 Å². The summed E-state index contributed by atoms with van der Waals surface area (Å²) >= 11 is 3.43. The Morgan fingerprint density at radius 2 is 2.06 bits per heavy atom. The van der Waals surface area contributed by atoms with Gasteiger partial charge in [0.25, 0.3) is 0 Å². The molecule has 0 aliphatic rings. The molecule has 0 bridgehead atoms. The molecular formula is C13H14BrN3O. The maximum Gasteiger partial charge on any atom is 0.130 e. The van der Waals surface area contributed by atoms with Crippen molar-refractivity contribution >= 4 is 33.1 Å². The maximum absolute atomic E-state index is 5.73. The van der Waals surface area contributed by atoms with Gasteiger partial charge in [-0.2, -0.15) is 0 Å². The van der Waals surface area contributed by atoms with E-state index in [1.807, 2.05) is 37.3 Å². The summed E-state index contributed by atoms with van der Waals surface area (Å²) in [7, 11) is 1.64. The van der Waals surface area contributed by atoms with Crippen LogP contribution in [0.1, 0.15) is 5.69 Å². The van der Waals surface area contributed by atoms with Crippen molar-refractivity contribution in [2.45, 2.75) is 6.92 Å². The van der Waals surface area contributed by atoms with Crippen molar-refractivity contribution in [2.75, 3.05) is 18.2 Å². The standard InChI is InChI=1S/C13H14BrN3O/c1-8-12(15)3-4-13(16-8)17-10-5-9(14)6-11(7-10)18-2/h3-7H,15H2,1-2H3,(H,16,17). The van der Waals surface area contributed by atoms with E-state index in [0.717, 1.165) is 27.4 Å². The van der Waals surface area contributed by atoms with Crippen LogP contribution in [0, 0.1) is 6.92 Å². The number of hydrogen-bond acceptors (Lipinski definition) is 4. The molecule has 0 unspecified atom stereocenters. The minimum atomic E-state index is 0.687. The van der Waals surface area contributed by atoms with Crippen LogP contribution in [-0.4, -0.2) is 12.1 Å². The number of nitrogens with zero attached hydrogens (tertiary/aromatic N) is 1. The zero-order valence-corrected chi connectivity index (χ0v) is 11.8. The number of aromatic nitrogens is 1. The first-order valence-corrected chi connectivity index (χ1v) is 6.22. The summed E-state index contributed by atoms with van der Waals surface area (Å²) in [6.07, 6.45) is 0. The molecule has 0 spiro atoms. The summed E-state index contributed by atoms with van der Waals surface area (Å²) in [6, 6.07) is 9.43. The van der Waals surface area contributed by atoms with Gasteiger partial charge in [0.1, 0.15) is 11.6 Å². The molecule has 0 aliphatic heterocycles. The summed E-state index contributed by atoms with van der Waals surface area (Å²) < 4.78 is 6.15. The van der Waals surface area contributed by atoms with Gasteiger partial charge < -0.3 is 15.8 Å². The van der Waals surface area contributed by atoms with Gasteiger partial charge in [0.15, 0.2) is 0 Å². The molecule has 94 valence electrons. The van der Waals surface area contributed by atoms with Crippen LogP contribution in [0.2, 0.25) is 0 Å². The lowest BCUT2D eigenvalue weighted by molar-refractivity contribution is 0.415. The normalized spacial score (nSPS) is 10.2. The number of benzene rings is 1. The fourth-order valence-corrected chi connectivity index (χ4v) is 2.01. The third-order valence-electron chi connectivity index (χ3n) is 2.51. The highest BCUT2D eigenvalue weighted by atomic mass is 79.9. The minimum absolute atomic E-state index is 0.687. The number of anilines is 3. The van der Waals surface area contributed by atoms with Crippen LogP contribution >= 0.6 is 15.9 Å². The summed E-state index contributed by atoms with van der Waals surface area (Å²) in [4.78, 5) is 4.36. The van der Waals surface area contributed by atoms with Gasteiger partial charge in [0.05, 0.1) is 18.5 Å². The highest BCUT2D eigenvalue weighted by Crippen LogP contribution is 2.26. The predicted molar refractivity (Wildman–Crippen MR) is 77.4 cm³/mol. The molecule has 5 heteroatoms. The van der Waals surface area contributed by atoms with E-state index in [4.69, 9.17) is 10.5 Å². The molecule has 0 atom stereocenters. The van der Waals surface area contributed by atoms with Crippen molar-refractivity contribution in [1.29, 1.82) is 0 Å². The molecule has 1 aromatic carbocycles. The predicted octanol–water partition coefficient (Wildman–Crippen LogP) is 3.49. The summed E-state index contributed by atoms with van der Waals surface area (Å²) in [5, 5.41) is 3.21. The van der Waals surface area contributed by atoms with E-state index in [1.54, 1.807) is 7.11 Å². The first kappa shape index (κ1) is 12.7. The Balaban J connectivity index is 2.27. The molecular weight excluding hydrogens is 294 g/mol. The zero-order chi connectivity index (χ0) is 13.1. The van der Waals surface area contributed by atoms with Gasteiger partial charge in [-0.25, -0.2) is 4.98 Å². The van der Waals surface area contributed by atoms with E-state index in [2.05, 4.69) is 26.2 Å². The van der Waals surface area contributed by atoms with Crippen LogP contribution in [0.25, 0.3) is 0 Å². The molecule has 0 aliphatic carbocycles. The lowest BCUT2D eigenvalue weighted by Gasteiger charge is -2.09. The number of nitrogen functional groups attached to an aromatic ring is 1. The number of ether oxygens (including phenoxy) is 1. The van der Waals surface area contributed by atoms with Crippen LogP contribution in [-0.2, 0) is 0 Å². The lowest BCUT2D eigenvalue weighted by Crippen LogP contribution is -1.98. The summed E-state index contributed by atoms with van der Waals surface area (Å²) in [5.41, 5.74) is 8.13. The fourth-order valence-electron chi connectivity index (χ4n) is 1.54. The van der Waals surface area contributed by atoms with Crippen LogP contribution in [0.15, 0.2) is 34.8 Å². The SMILES string of the molecule is COc1cc(Br)cc(Nc2ccc(N)c(C)n2)c1. The number of pyridine rings is 1. The van der Waals surface area contributed by atoms with Crippen molar-refractivity contribution in [3.8, 4) is 5.75 Å². The largest absolute Gasteiger partial charge is 0.497 e. The van der Waals surface area contributed by atoms with Gasteiger partial charge in [-0.15, -0.1) is 0 Å². The second kappa shape index (κ2) is 5.27. The average Bonchev–Trinajstić information content (AvgIpc) is 2.33. The molecule has 0 fully saturated rings. The van der Waals surface area contributed by atoms with E-state index >= 15 is 0 Å². The Labute approximate surface area is 114 Å². The minimum Gasteiger partial charge on any atom is -0.497 e. The Kier molecular flexibility index (Phi) is 3.72.